The summed E-state index contributed by atoms with van der Waals surface area (Å²) < 4.78 is 0. The Morgan fingerprint density at radius 1 is 0.917 bits per heavy atom. The Labute approximate surface area is 81.0 Å². The van der Waals surface area contributed by atoms with E-state index in [1.807, 2.05) is 0 Å². The second kappa shape index (κ2) is 9.27. The fourth-order valence-corrected chi connectivity index (χ4v) is 2.05. The maximum Gasteiger partial charge on any atom is 0.00442 e. The average Bonchev–Trinajstić information content (AvgIpc) is 2.10. The maximum atomic E-state index is 2.64. The minimum absolute atomic E-state index is 1.33. The van der Waals surface area contributed by atoms with Crippen molar-refractivity contribution in [1.82, 2.24) is 4.90 Å². The second-order valence-electron chi connectivity index (χ2n) is 3.55. The molecule has 0 aliphatic heterocycles. The molecule has 0 spiro atoms. The predicted octanol–water partition coefficient (Wildman–Crippen LogP) is 1.67. The Hall–Kier alpha value is 0.177. The fourth-order valence-electron chi connectivity index (χ4n) is 1.42. The van der Waals surface area contributed by atoms with Crippen LogP contribution < -0.4 is 0 Å². The molecule has 0 amide bonds. The Kier molecular flexibility index (Phi) is 9.40. The molecule has 0 heterocycles. The van der Waals surface area contributed by atoms with E-state index in [2.05, 4.69) is 18.7 Å². The zero-order valence-corrected chi connectivity index (χ0v) is 11.1. The van der Waals surface area contributed by atoms with Gasteiger partial charge in [0.15, 0.2) is 0 Å². The van der Waals surface area contributed by atoms with Crippen molar-refractivity contribution in [2.75, 3.05) is 19.6 Å². The van der Waals surface area contributed by atoms with Gasteiger partial charge in [-0.25, -0.2) is 0 Å². The van der Waals surface area contributed by atoms with Crippen molar-refractivity contribution in [3.8, 4) is 0 Å². The lowest BCUT2D eigenvalue weighted by Gasteiger charge is -2.20. The van der Waals surface area contributed by atoms with Crippen LogP contribution in [0.15, 0.2) is 0 Å². The summed E-state index contributed by atoms with van der Waals surface area (Å²) in [6.45, 7) is 8.57. The molecule has 0 aliphatic rings. The van der Waals surface area contributed by atoms with E-state index in [4.69, 9.17) is 0 Å². The minimum atomic E-state index is 1.33. The average molecular weight is 187 g/mol. The molecule has 0 rings (SSSR count). The van der Waals surface area contributed by atoms with E-state index in [1.165, 1.54) is 61.6 Å². The molecule has 0 aliphatic carbocycles. The van der Waals surface area contributed by atoms with E-state index in [0.717, 1.165) is 0 Å². The number of hydrogen-bond donors (Lipinski definition) is 0. The smallest absolute Gasteiger partial charge is 0.00442 e. The van der Waals surface area contributed by atoms with Crippen molar-refractivity contribution in [3.05, 3.63) is 0 Å². The second-order valence-corrected chi connectivity index (χ2v) is 4.55. The summed E-state index contributed by atoms with van der Waals surface area (Å²) in [5.74, 6) is 0. The molecule has 0 atom stereocenters. The summed E-state index contributed by atoms with van der Waals surface area (Å²) in [6.07, 6.45) is 5.43. The summed E-state index contributed by atoms with van der Waals surface area (Å²) in [5, 5.41) is 0. The molecule has 0 radical (unpaired) electrons. The van der Waals surface area contributed by atoms with Crippen molar-refractivity contribution < 1.29 is 0 Å². The van der Waals surface area contributed by atoms with Crippen molar-refractivity contribution in [1.29, 1.82) is 0 Å². The Bertz CT molecular complexity index is 77.9. The van der Waals surface area contributed by atoms with Crippen LogP contribution in [0.3, 0.4) is 0 Å². The Morgan fingerprint density at radius 2 is 1.42 bits per heavy atom. The fraction of sp³-hybridized carbons (Fsp3) is 1.00. The van der Waals surface area contributed by atoms with Gasteiger partial charge >= 0.3 is 0 Å². The van der Waals surface area contributed by atoms with Gasteiger partial charge in [0.1, 0.15) is 0 Å². The van der Waals surface area contributed by atoms with Crippen molar-refractivity contribution in [2.45, 2.75) is 45.6 Å². The molecule has 0 aromatic rings. The SMILES string of the molecule is CCCCN(CC[SiH3])CCCC. The van der Waals surface area contributed by atoms with Crippen LogP contribution in [0.2, 0.25) is 6.04 Å². The molecule has 12 heavy (non-hydrogen) atoms. The van der Waals surface area contributed by atoms with Gasteiger partial charge in [-0.15, -0.1) is 0 Å². The Morgan fingerprint density at radius 3 is 1.75 bits per heavy atom. The maximum absolute atomic E-state index is 2.64. The van der Waals surface area contributed by atoms with Crippen molar-refractivity contribution >= 4 is 10.2 Å². The first-order chi connectivity index (χ1) is 5.85. The van der Waals surface area contributed by atoms with Crippen LogP contribution in [0.5, 0.6) is 0 Å². The summed E-state index contributed by atoms with van der Waals surface area (Å²) in [6, 6.07) is 1.44. The molecule has 0 aromatic heterocycles. The molecule has 0 saturated heterocycles. The third-order valence-electron chi connectivity index (χ3n) is 2.20. The van der Waals surface area contributed by atoms with Gasteiger partial charge in [-0.2, -0.15) is 0 Å². The monoisotopic (exact) mass is 187 g/mol. The van der Waals surface area contributed by atoms with Crippen LogP contribution in [-0.4, -0.2) is 34.8 Å². The summed E-state index contributed by atoms with van der Waals surface area (Å²) in [4.78, 5) is 2.64. The van der Waals surface area contributed by atoms with E-state index < -0.39 is 0 Å². The minimum Gasteiger partial charge on any atom is -0.304 e. The number of rotatable bonds is 8. The molecule has 1 nitrogen and oxygen atoms in total. The number of hydrogen-bond acceptors (Lipinski definition) is 1. The van der Waals surface area contributed by atoms with E-state index in [-0.39, 0.29) is 0 Å². The van der Waals surface area contributed by atoms with Crippen LogP contribution in [0.25, 0.3) is 0 Å². The van der Waals surface area contributed by atoms with E-state index in [9.17, 15) is 0 Å². The standard InChI is InChI=1S/C10H25NSi/c1-3-5-7-11(9-10-12)8-6-4-2/h3-10H2,1-2,12H3. The summed E-state index contributed by atoms with van der Waals surface area (Å²) in [7, 11) is 1.36. The molecule has 0 N–H and O–H groups in total. The lowest BCUT2D eigenvalue weighted by Crippen LogP contribution is -2.26. The summed E-state index contributed by atoms with van der Waals surface area (Å²) in [5.41, 5.74) is 0. The normalized spacial score (nSPS) is 11.2. The van der Waals surface area contributed by atoms with Crippen LogP contribution >= 0.6 is 0 Å². The van der Waals surface area contributed by atoms with Gasteiger partial charge < -0.3 is 4.90 Å². The van der Waals surface area contributed by atoms with Crippen LogP contribution in [0.1, 0.15) is 39.5 Å². The molecule has 0 aromatic carbocycles. The van der Waals surface area contributed by atoms with Crippen LogP contribution in [-0.2, 0) is 0 Å². The molecule has 74 valence electrons. The van der Waals surface area contributed by atoms with E-state index in [0.29, 0.717) is 0 Å². The molecule has 0 saturated carbocycles. The van der Waals surface area contributed by atoms with Gasteiger partial charge in [0.25, 0.3) is 0 Å². The van der Waals surface area contributed by atoms with Gasteiger partial charge in [0.05, 0.1) is 0 Å². The quantitative estimate of drug-likeness (QED) is 0.523. The first kappa shape index (κ1) is 12.2. The highest BCUT2D eigenvalue weighted by Gasteiger charge is 2.00. The molecular formula is C10H25NSi. The molecule has 2 heteroatoms. The topological polar surface area (TPSA) is 3.24 Å². The van der Waals surface area contributed by atoms with Crippen molar-refractivity contribution in [3.63, 3.8) is 0 Å². The molecule has 0 unspecified atom stereocenters. The Balaban J connectivity index is 3.40. The first-order valence-corrected chi connectivity index (χ1v) is 6.98. The number of nitrogens with zero attached hydrogens (tertiary/aromatic N) is 1. The van der Waals surface area contributed by atoms with Gasteiger partial charge in [-0.3, -0.25) is 0 Å². The highest BCUT2D eigenvalue weighted by atomic mass is 28.1. The van der Waals surface area contributed by atoms with E-state index in [1.54, 1.807) is 0 Å². The number of unbranched alkanes of at least 4 members (excludes halogenated alkanes) is 2. The van der Waals surface area contributed by atoms with Gasteiger partial charge in [0.2, 0.25) is 0 Å². The predicted molar refractivity (Wildman–Crippen MR) is 61.0 cm³/mol. The highest BCUT2D eigenvalue weighted by Crippen LogP contribution is 1.99. The van der Waals surface area contributed by atoms with Crippen LogP contribution in [0, 0.1) is 0 Å². The third-order valence-corrected chi connectivity index (χ3v) is 2.64. The van der Waals surface area contributed by atoms with Gasteiger partial charge in [-0.05, 0) is 32.5 Å². The summed E-state index contributed by atoms with van der Waals surface area (Å²) >= 11 is 0. The zero-order chi connectivity index (χ0) is 9.23. The van der Waals surface area contributed by atoms with Gasteiger partial charge in [0, 0.05) is 10.2 Å². The van der Waals surface area contributed by atoms with Gasteiger partial charge in [-0.1, -0.05) is 32.7 Å². The molecule has 0 bridgehead atoms. The first-order valence-electron chi connectivity index (χ1n) is 5.57. The lowest BCUT2D eigenvalue weighted by molar-refractivity contribution is 0.279. The lowest BCUT2D eigenvalue weighted by atomic mass is 10.2. The zero-order valence-electron chi connectivity index (χ0n) is 9.10. The highest BCUT2D eigenvalue weighted by molar-refractivity contribution is 6.08. The van der Waals surface area contributed by atoms with Crippen LogP contribution in [0.4, 0.5) is 0 Å². The van der Waals surface area contributed by atoms with Crippen molar-refractivity contribution in [2.24, 2.45) is 0 Å². The molecule has 0 fully saturated rings. The molecular weight excluding hydrogens is 162 g/mol. The third kappa shape index (κ3) is 6.86. The largest absolute Gasteiger partial charge is 0.304 e. The van der Waals surface area contributed by atoms with E-state index >= 15 is 0 Å².